The van der Waals surface area contributed by atoms with E-state index in [-0.39, 0.29) is 11.2 Å². The van der Waals surface area contributed by atoms with Crippen LogP contribution in [0.5, 0.6) is 0 Å². The van der Waals surface area contributed by atoms with Crippen LogP contribution >= 0.6 is 0 Å². The Bertz CT molecular complexity index is 1450. The number of aliphatic hydroxyl groups is 1. The summed E-state index contributed by atoms with van der Waals surface area (Å²) in [6.45, 7) is 15.6. The Hall–Kier alpha value is -2.37. The molecule has 6 heteroatoms. The van der Waals surface area contributed by atoms with Crippen molar-refractivity contribution in [2.24, 2.45) is 0 Å². The number of benzene rings is 4. The van der Waals surface area contributed by atoms with E-state index >= 15 is 0 Å². The highest BCUT2D eigenvalue weighted by atomic mass is 16.7. The SMILES string of the molecule is CC(C)(O)C(C)(C)O[B]c1ccc2ccc3c4cc(B5OC(C)(C)C(C)(C)O5)ccc4ccc3c2c1. The molecule has 0 aromatic heterocycles. The van der Waals surface area contributed by atoms with Gasteiger partial charge in [0.25, 0.3) is 0 Å². The lowest BCUT2D eigenvalue weighted by molar-refractivity contribution is -0.0893. The predicted molar refractivity (Wildman–Crippen MR) is 152 cm³/mol. The molecule has 0 amide bonds. The summed E-state index contributed by atoms with van der Waals surface area (Å²) in [5.74, 6) is 0. The summed E-state index contributed by atoms with van der Waals surface area (Å²) < 4.78 is 18.6. The second-order valence-corrected chi connectivity index (χ2v) is 12.1. The molecule has 4 aromatic carbocycles. The largest absolute Gasteiger partial charge is 0.494 e. The molecule has 1 saturated heterocycles. The van der Waals surface area contributed by atoms with Gasteiger partial charge in [-0.2, -0.15) is 0 Å². The molecular weight excluding hydrogens is 446 g/mol. The van der Waals surface area contributed by atoms with Gasteiger partial charge < -0.3 is 19.1 Å². The van der Waals surface area contributed by atoms with Crippen molar-refractivity contribution in [2.75, 3.05) is 0 Å². The molecule has 36 heavy (non-hydrogen) atoms. The van der Waals surface area contributed by atoms with Crippen molar-refractivity contribution in [2.45, 2.75) is 77.8 Å². The third kappa shape index (κ3) is 4.24. The molecule has 1 fully saturated rings. The maximum absolute atomic E-state index is 10.4. The van der Waals surface area contributed by atoms with Crippen molar-refractivity contribution >= 4 is 57.8 Å². The van der Waals surface area contributed by atoms with Gasteiger partial charge in [0.1, 0.15) is 0 Å². The summed E-state index contributed by atoms with van der Waals surface area (Å²) in [4.78, 5) is 0. The van der Waals surface area contributed by atoms with E-state index < -0.39 is 18.3 Å². The normalized spacial score (nSPS) is 17.9. The standard InChI is InChI=1S/C30H35B2O4/c1-27(2,33)28(3,4)34-31-21-13-9-19-11-16-24-23(25(19)17-21)15-12-20-10-14-22(18-26(20)24)32-35-29(5,6)30(7,8)36-32/h9-18,33H,1-8H3. The summed E-state index contributed by atoms with van der Waals surface area (Å²) >= 11 is 0. The van der Waals surface area contributed by atoms with E-state index in [4.69, 9.17) is 14.0 Å². The molecule has 0 aliphatic carbocycles. The number of rotatable bonds is 5. The lowest BCUT2D eigenvalue weighted by atomic mass is 9.77. The van der Waals surface area contributed by atoms with Crippen LogP contribution in [0.1, 0.15) is 55.4 Å². The van der Waals surface area contributed by atoms with Gasteiger partial charge in [0.2, 0.25) is 0 Å². The molecule has 185 valence electrons. The van der Waals surface area contributed by atoms with Crippen molar-refractivity contribution < 1.29 is 19.1 Å². The molecule has 4 nitrogen and oxygen atoms in total. The smallest absolute Gasteiger partial charge is 0.427 e. The second kappa shape index (κ2) is 8.32. The van der Waals surface area contributed by atoms with Crippen molar-refractivity contribution in [3.8, 4) is 0 Å². The first kappa shape index (κ1) is 25.3. The molecule has 4 aromatic rings. The van der Waals surface area contributed by atoms with Gasteiger partial charge in [0, 0.05) is 0 Å². The monoisotopic (exact) mass is 481 g/mol. The van der Waals surface area contributed by atoms with E-state index in [1.54, 1.807) is 21.3 Å². The molecule has 1 aliphatic heterocycles. The Kier molecular flexibility index (Phi) is 5.85. The van der Waals surface area contributed by atoms with Crippen LogP contribution in [0.25, 0.3) is 32.3 Å². The van der Waals surface area contributed by atoms with Gasteiger partial charge in [-0.25, -0.2) is 0 Å². The number of fused-ring (bicyclic) bond motifs is 5. The first-order chi connectivity index (χ1) is 16.7. The van der Waals surface area contributed by atoms with E-state index in [2.05, 4.69) is 82.3 Å². The van der Waals surface area contributed by atoms with Crippen LogP contribution in [0.3, 0.4) is 0 Å². The quantitative estimate of drug-likeness (QED) is 0.312. The van der Waals surface area contributed by atoms with Crippen molar-refractivity contribution in [3.63, 3.8) is 0 Å². The van der Waals surface area contributed by atoms with E-state index in [1.807, 2.05) is 19.9 Å². The maximum atomic E-state index is 10.4. The van der Waals surface area contributed by atoms with Crippen LogP contribution in [0.2, 0.25) is 0 Å². The van der Waals surface area contributed by atoms with Gasteiger partial charge in [-0.3, -0.25) is 0 Å². The topological polar surface area (TPSA) is 47.9 Å². The van der Waals surface area contributed by atoms with Crippen LogP contribution < -0.4 is 10.9 Å². The lowest BCUT2D eigenvalue weighted by Crippen LogP contribution is -2.49. The summed E-state index contributed by atoms with van der Waals surface area (Å²) in [6.07, 6.45) is 0. The molecule has 1 radical (unpaired) electrons. The van der Waals surface area contributed by atoms with Gasteiger partial charge in [0.15, 0.2) is 0 Å². The fourth-order valence-corrected chi connectivity index (χ4v) is 4.46. The zero-order chi connectivity index (χ0) is 26.1. The third-order valence-corrected chi connectivity index (χ3v) is 8.37. The van der Waals surface area contributed by atoms with Crippen molar-refractivity contribution in [3.05, 3.63) is 60.7 Å². The Morgan fingerprint density at radius 2 is 1.22 bits per heavy atom. The Morgan fingerprint density at radius 1 is 0.722 bits per heavy atom. The summed E-state index contributed by atoms with van der Waals surface area (Å²) in [5, 5.41) is 17.5. The Balaban J connectivity index is 1.56. The zero-order valence-corrected chi connectivity index (χ0v) is 22.6. The fraction of sp³-hybridized carbons (Fsp3) is 0.400. The Morgan fingerprint density at radius 3 is 1.78 bits per heavy atom. The minimum Gasteiger partial charge on any atom is -0.427 e. The highest BCUT2D eigenvalue weighted by Gasteiger charge is 2.51. The predicted octanol–water partition coefficient (Wildman–Crippen LogP) is 5.26. The van der Waals surface area contributed by atoms with Gasteiger partial charge in [-0.05, 0) is 93.2 Å². The fourth-order valence-electron chi connectivity index (χ4n) is 4.46. The van der Waals surface area contributed by atoms with Gasteiger partial charge in [-0.1, -0.05) is 66.1 Å². The molecule has 0 unspecified atom stereocenters. The molecule has 1 N–H and O–H groups in total. The average molecular weight is 481 g/mol. The number of hydrogen-bond acceptors (Lipinski definition) is 4. The van der Waals surface area contributed by atoms with E-state index in [9.17, 15) is 5.11 Å². The Labute approximate surface area is 215 Å². The first-order valence-corrected chi connectivity index (χ1v) is 12.7. The van der Waals surface area contributed by atoms with E-state index in [0.717, 1.165) is 16.3 Å². The van der Waals surface area contributed by atoms with Gasteiger partial charge in [-0.15, -0.1) is 0 Å². The zero-order valence-electron chi connectivity index (χ0n) is 22.6. The van der Waals surface area contributed by atoms with Crippen molar-refractivity contribution in [1.82, 2.24) is 0 Å². The second-order valence-electron chi connectivity index (χ2n) is 12.1. The molecule has 1 aliphatic rings. The molecule has 0 bridgehead atoms. The first-order valence-electron chi connectivity index (χ1n) is 12.7. The maximum Gasteiger partial charge on any atom is 0.494 e. The van der Waals surface area contributed by atoms with Gasteiger partial charge in [0.05, 0.1) is 22.4 Å². The molecular formula is C30H35B2O4. The molecule has 0 saturated carbocycles. The minimum absolute atomic E-state index is 0.379. The lowest BCUT2D eigenvalue weighted by Gasteiger charge is -2.37. The van der Waals surface area contributed by atoms with E-state index in [0.29, 0.717) is 0 Å². The molecule has 0 atom stereocenters. The van der Waals surface area contributed by atoms with Crippen LogP contribution in [0.15, 0.2) is 60.7 Å². The van der Waals surface area contributed by atoms with Crippen LogP contribution in [-0.2, 0) is 14.0 Å². The summed E-state index contributed by atoms with van der Waals surface area (Å²) in [5.41, 5.74) is -0.467. The summed E-state index contributed by atoms with van der Waals surface area (Å²) in [7, 11) is 1.35. The highest BCUT2D eigenvalue weighted by Crippen LogP contribution is 2.37. The average Bonchev–Trinajstić information content (AvgIpc) is 3.02. The summed E-state index contributed by atoms with van der Waals surface area (Å²) in [6, 6.07) is 21.5. The minimum atomic E-state index is -0.971. The number of hydrogen-bond donors (Lipinski definition) is 1. The van der Waals surface area contributed by atoms with Crippen LogP contribution in [0.4, 0.5) is 0 Å². The van der Waals surface area contributed by atoms with Crippen LogP contribution in [-0.4, -0.2) is 42.1 Å². The molecule has 0 spiro atoms. The third-order valence-electron chi connectivity index (χ3n) is 8.37. The van der Waals surface area contributed by atoms with Crippen LogP contribution in [0, 0.1) is 0 Å². The molecule has 1 heterocycles. The van der Waals surface area contributed by atoms with Gasteiger partial charge >= 0.3 is 14.6 Å². The van der Waals surface area contributed by atoms with Crippen molar-refractivity contribution in [1.29, 1.82) is 0 Å². The molecule has 5 rings (SSSR count). The van der Waals surface area contributed by atoms with E-state index in [1.165, 1.54) is 26.9 Å². The highest BCUT2D eigenvalue weighted by molar-refractivity contribution is 6.62.